The quantitative estimate of drug-likeness (QED) is 0.322. The van der Waals surface area contributed by atoms with Crippen LogP contribution in [0, 0.1) is 0 Å². The number of benzene rings is 1. The molecule has 0 atom stereocenters. The number of rotatable bonds is 5. The van der Waals surface area contributed by atoms with Crippen LogP contribution in [0.5, 0.6) is 0 Å². The second-order valence-electron chi connectivity index (χ2n) is 7.41. The number of hydrogen-bond donors (Lipinski definition) is 3. The standard InChI is InChI=1S/C20H29N7O.HI/c1-20(2,18(21)28)27-11-9-26(10-12-27)19(22-3)24-14-17-23-13-16(25-17)15-7-5-4-6-8-15;/h4-8,13H,9-12,14H2,1-3H3,(H2,21,28)(H,22,24)(H,23,25);1H. The predicted octanol–water partition coefficient (Wildman–Crippen LogP) is 1.65. The van der Waals surface area contributed by atoms with Crippen molar-refractivity contribution in [1.29, 1.82) is 0 Å². The number of hydrogen-bond acceptors (Lipinski definition) is 4. The maximum absolute atomic E-state index is 11.7. The van der Waals surface area contributed by atoms with Gasteiger partial charge in [-0.05, 0) is 19.4 Å². The van der Waals surface area contributed by atoms with E-state index in [1.54, 1.807) is 7.05 Å². The summed E-state index contributed by atoms with van der Waals surface area (Å²) in [5.74, 6) is 1.39. The smallest absolute Gasteiger partial charge is 0.237 e. The molecule has 2 heterocycles. The van der Waals surface area contributed by atoms with E-state index in [-0.39, 0.29) is 29.9 Å². The van der Waals surface area contributed by atoms with E-state index < -0.39 is 5.54 Å². The van der Waals surface area contributed by atoms with Crippen LogP contribution in [0.15, 0.2) is 41.5 Å². The molecule has 0 aliphatic carbocycles. The van der Waals surface area contributed by atoms with Crippen LogP contribution >= 0.6 is 24.0 Å². The van der Waals surface area contributed by atoms with Crippen LogP contribution in [0.25, 0.3) is 11.3 Å². The van der Waals surface area contributed by atoms with E-state index in [2.05, 4.69) is 42.2 Å². The molecule has 1 aromatic carbocycles. The first kappa shape index (κ1) is 23.1. The van der Waals surface area contributed by atoms with Gasteiger partial charge in [0.25, 0.3) is 0 Å². The number of aromatic nitrogens is 2. The topological polar surface area (TPSA) is 103 Å². The van der Waals surface area contributed by atoms with Crippen molar-refractivity contribution in [3.8, 4) is 11.3 Å². The van der Waals surface area contributed by atoms with Crippen LogP contribution in [-0.4, -0.2) is 70.4 Å². The number of nitrogens with two attached hydrogens (primary N) is 1. The fourth-order valence-corrected chi connectivity index (χ4v) is 3.34. The third kappa shape index (κ3) is 5.47. The molecule has 0 unspecified atom stereocenters. The average Bonchev–Trinajstić information content (AvgIpc) is 3.18. The fraction of sp³-hybridized carbons (Fsp3) is 0.450. The molecule has 29 heavy (non-hydrogen) atoms. The van der Waals surface area contributed by atoms with Gasteiger partial charge in [0, 0.05) is 33.2 Å². The molecule has 1 saturated heterocycles. The van der Waals surface area contributed by atoms with E-state index in [1.807, 2.05) is 38.2 Å². The van der Waals surface area contributed by atoms with Gasteiger partial charge in [0.2, 0.25) is 5.91 Å². The second-order valence-corrected chi connectivity index (χ2v) is 7.41. The number of primary amides is 1. The van der Waals surface area contributed by atoms with Gasteiger partial charge in [0.15, 0.2) is 5.96 Å². The number of aromatic amines is 1. The van der Waals surface area contributed by atoms with E-state index in [4.69, 9.17) is 5.73 Å². The maximum atomic E-state index is 11.7. The first-order valence-corrected chi connectivity index (χ1v) is 9.51. The van der Waals surface area contributed by atoms with Gasteiger partial charge in [0.05, 0.1) is 24.0 Å². The van der Waals surface area contributed by atoms with E-state index in [9.17, 15) is 4.79 Å². The summed E-state index contributed by atoms with van der Waals surface area (Å²) in [5.41, 5.74) is 7.01. The summed E-state index contributed by atoms with van der Waals surface area (Å²) in [6.45, 7) is 7.39. The van der Waals surface area contributed by atoms with Crippen molar-refractivity contribution < 1.29 is 4.79 Å². The largest absolute Gasteiger partial charge is 0.368 e. The lowest BCUT2D eigenvalue weighted by molar-refractivity contribution is -0.129. The molecule has 2 aromatic rings. The maximum Gasteiger partial charge on any atom is 0.237 e. The minimum absolute atomic E-state index is 0. The van der Waals surface area contributed by atoms with Gasteiger partial charge in [-0.1, -0.05) is 30.3 Å². The number of carbonyl (C=O) groups is 1. The lowest BCUT2D eigenvalue weighted by Gasteiger charge is -2.43. The van der Waals surface area contributed by atoms with Crippen molar-refractivity contribution in [2.24, 2.45) is 10.7 Å². The molecular formula is C20H30IN7O. The van der Waals surface area contributed by atoms with Crippen molar-refractivity contribution in [3.05, 3.63) is 42.4 Å². The highest BCUT2D eigenvalue weighted by Crippen LogP contribution is 2.17. The van der Waals surface area contributed by atoms with Crippen LogP contribution in [0.1, 0.15) is 19.7 Å². The van der Waals surface area contributed by atoms with Gasteiger partial charge < -0.3 is 20.9 Å². The van der Waals surface area contributed by atoms with Gasteiger partial charge in [0.1, 0.15) is 5.82 Å². The fourth-order valence-electron chi connectivity index (χ4n) is 3.34. The Morgan fingerprint density at radius 3 is 2.48 bits per heavy atom. The molecule has 8 nitrogen and oxygen atoms in total. The van der Waals surface area contributed by atoms with Gasteiger partial charge in [-0.25, -0.2) is 4.98 Å². The van der Waals surface area contributed by atoms with Crippen LogP contribution in [0.4, 0.5) is 0 Å². The normalized spacial score (nSPS) is 15.7. The molecule has 3 rings (SSSR count). The molecule has 1 aliphatic heterocycles. The molecule has 1 aliphatic rings. The first-order valence-electron chi connectivity index (χ1n) is 9.51. The second kappa shape index (κ2) is 10.1. The van der Waals surface area contributed by atoms with E-state index in [0.29, 0.717) is 6.54 Å². The number of H-pyrrole nitrogens is 1. The number of guanidine groups is 1. The molecule has 158 valence electrons. The lowest BCUT2D eigenvalue weighted by atomic mass is 10.0. The summed E-state index contributed by atoms with van der Waals surface area (Å²) in [6.07, 6.45) is 1.85. The molecule has 1 amide bonds. The molecule has 1 aromatic heterocycles. The molecule has 0 radical (unpaired) electrons. The van der Waals surface area contributed by atoms with Crippen LogP contribution in [0.3, 0.4) is 0 Å². The Hall–Kier alpha value is -2.14. The Balaban J connectivity index is 0.00000300. The van der Waals surface area contributed by atoms with E-state index in [0.717, 1.165) is 49.2 Å². The summed E-state index contributed by atoms with van der Waals surface area (Å²) in [5, 5.41) is 3.37. The number of aliphatic imine (C=N–C) groups is 1. The lowest BCUT2D eigenvalue weighted by Crippen LogP contribution is -2.61. The minimum atomic E-state index is -0.634. The summed E-state index contributed by atoms with van der Waals surface area (Å²) >= 11 is 0. The summed E-state index contributed by atoms with van der Waals surface area (Å²) in [4.78, 5) is 28.2. The van der Waals surface area contributed by atoms with Crippen LogP contribution in [-0.2, 0) is 11.3 Å². The SMILES string of the molecule is CN=C(NCc1ncc(-c2ccccc2)[nH]1)N1CCN(C(C)(C)C(N)=O)CC1.I. The zero-order valence-electron chi connectivity index (χ0n) is 17.2. The number of nitrogens with zero attached hydrogens (tertiary/aromatic N) is 4. The van der Waals surface area contributed by atoms with Crippen LogP contribution in [0.2, 0.25) is 0 Å². The molecular weight excluding hydrogens is 481 g/mol. The number of halogens is 1. The number of amides is 1. The minimum Gasteiger partial charge on any atom is -0.368 e. The van der Waals surface area contributed by atoms with Gasteiger partial charge in [-0.15, -0.1) is 24.0 Å². The van der Waals surface area contributed by atoms with Gasteiger partial charge in [-0.2, -0.15) is 0 Å². The Bertz CT molecular complexity index is 826. The number of piperazine rings is 1. The molecule has 1 fully saturated rings. The van der Waals surface area contributed by atoms with Crippen molar-refractivity contribution in [1.82, 2.24) is 25.1 Å². The van der Waals surface area contributed by atoms with E-state index in [1.165, 1.54) is 0 Å². The molecule has 4 N–H and O–H groups in total. The number of carbonyl (C=O) groups excluding carboxylic acids is 1. The van der Waals surface area contributed by atoms with Crippen molar-refractivity contribution in [2.45, 2.75) is 25.9 Å². The zero-order valence-corrected chi connectivity index (χ0v) is 19.5. The third-order valence-electron chi connectivity index (χ3n) is 5.31. The van der Waals surface area contributed by atoms with Crippen molar-refractivity contribution in [2.75, 3.05) is 33.2 Å². The van der Waals surface area contributed by atoms with Crippen molar-refractivity contribution in [3.63, 3.8) is 0 Å². The average molecular weight is 511 g/mol. The highest BCUT2D eigenvalue weighted by atomic mass is 127. The van der Waals surface area contributed by atoms with Crippen LogP contribution < -0.4 is 11.1 Å². The third-order valence-corrected chi connectivity index (χ3v) is 5.31. The molecule has 0 saturated carbocycles. The highest BCUT2D eigenvalue weighted by molar-refractivity contribution is 14.0. The van der Waals surface area contributed by atoms with Gasteiger partial charge >= 0.3 is 0 Å². The molecule has 9 heteroatoms. The van der Waals surface area contributed by atoms with Crippen molar-refractivity contribution >= 4 is 35.8 Å². The Morgan fingerprint density at radius 1 is 1.24 bits per heavy atom. The zero-order chi connectivity index (χ0) is 20.1. The molecule has 0 bridgehead atoms. The number of nitrogens with one attached hydrogen (secondary N) is 2. The summed E-state index contributed by atoms with van der Waals surface area (Å²) in [6, 6.07) is 10.1. The summed E-state index contributed by atoms with van der Waals surface area (Å²) < 4.78 is 0. The molecule has 0 spiro atoms. The Labute approximate surface area is 189 Å². The first-order chi connectivity index (χ1) is 13.4. The highest BCUT2D eigenvalue weighted by Gasteiger charge is 2.35. The monoisotopic (exact) mass is 511 g/mol. The Kier molecular flexibility index (Phi) is 8.03. The predicted molar refractivity (Wildman–Crippen MR) is 126 cm³/mol. The Morgan fingerprint density at radius 2 is 1.90 bits per heavy atom. The van der Waals surface area contributed by atoms with E-state index >= 15 is 0 Å². The van der Waals surface area contributed by atoms with Gasteiger partial charge in [-0.3, -0.25) is 14.7 Å². The number of imidazole rings is 1. The summed E-state index contributed by atoms with van der Waals surface area (Å²) in [7, 11) is 1.78.